The van der Waals surface area contributed by atoms with E-state index < -0.39 is 5.60 Å². The first-order chi connectivity index (χ1) is 14.5. The average molecular weight is 405 g/mol. The SMILES string of the molecule is COc1cc2c(c3c(CN(C)C)c[nH]c13)[C@]13CN(C)CC[C@@]1(O2)c1ccccc1N3. The number of rotatable bonds is 3. The summed E-state index contributed by atoms with van der Waals surface area (Å²) in [5, 5.41) is 5.19. The number of aromatic amines is 1. The van der Waals surface area contributed by atoms with Gasteiger partial charge in [0.15, 0.2) is 5.60 Å². The molecule has 1 fully saturated rings. The van der Waals surface area contributed by atoms with E-state index in [1.54, 1.807) is 7.11 Å². The van der Waals surface area contributed by atoms with Crippen LogP contribution in [0.25, 0.3) is 10.9 Å². The lowest BCUT2D eigenvalue weighted by Gasteiger charge is -2.46. The Labute approximate surface area is 176 Å². The summed E-state index contributed by atoms with van der Waals surface area (Å²) in [6.07, 6.45) is 3.07. The van der Waals surface area contributed by atoms with Crippen molar-refractivity contribution in [2.45, 2.75) is 24.1 Å². The Morgan fingerprint density at radius 3 is 2.90 bits per heavy atom. The Bertz CT molecular complexity index is 1170. The van der Waals surface area contributed by atoms with E-state index in [-0.39, 0.29) is 5.54 Å². The van der Waals surface area contributed by atoms with E-state index in [4.69, 9.17) is 9.47 Å². The van der Waals surface area contributed by atoms with Crippen LogP contribution in [0.3, 0.4) is 0 Å². The minimum Gasteiger partial charge on any atom is -0.494 e. The van der Waals surface area contributed by atoms with Crippen LogP contribution in [0.5, 0.6) is 11.5 Å². The van der Waals surface area contributed by atoms with Gasteiger partial charge in [0.2, 0.25) is 0 Å². The van der Waals surface area contributed by atoms with E-state index in [1.807, 2.05) is 0 Å². The van der Waals surface area contributed by atoms with Gasteiger partial charge in [0.1, 0.15) is 17.0 Å². The maximum atomic E-state index is 6.97. The molecule has 3 aromatic rings. The summed E-state index contributed by atoms with van der Waals surface area (Å²) in [6.45, 7) is 2.75. The minimum atomic E-state index is -0.398. The van der Waals surface area contributed by atoms with Crippen molar-refractivity contribution >= 4 is 16.6 Å². The first kappa shape index (κ1) is 18.1. The standard InChI is InChI=1S/C24H28N4O2/c1-27(2)13-15-12-25-22-19(29-4)11-18-21(20(15)22)23-14-28(3)10-9-24(23,30-18)16-7-5-6-8-17(16)26-23/h5-8,11-12,25-26H,9-10,13-14H2,1-4H3/t23-,24-/m1/s1. The molecule has 0 amide bonds. The molecule has 6 rings (SSSR count). The number of nitrogens with one attached hydrogen (secondary N) is 2. The molecule has 0 saturated carbocycles. The number of H-pyrrole nitrogens is 1. The number of ether oxygens (including phenoxy) is 2. The van der Waals surface area contributed by atoms with Gasteiger partial charge in [-0.1, -0.05) is 18.2 Å². The number of hydrogen-bond donors (Lipinski definition) is 2. The zero-order valence-electron chi connectivity index (χ0n) is 18.0. The van der Waals surface area contributed by atoms with Gasteiger partial charge in [-0.2, -0.15) is 0 Å². The van der Waals surface area contributed by atoms with Crippen LogP contribution in [0.4, 0.5) is 5.69 Å². The minimum absolute atomic E-state index is 0.327. The van der Waals surface area contributed by atoms with Gasteiger partial charge in [-0.15, -0.1) is 0 Å². The van der Waals surface area contributed by atoms with E-state index in [0.29, 0.717) is 0 Å². The quantitative estimate of drug-likeness (QED) is 0.700. The molecule has 30 heavy (non-hydrogen) atoms. The summed E-state index contributed by atoms with van der Waals surface area (Å²) in [5.41, 5.74) is 5.31. The number of benzene rings is 2. The third-order valence-electron chi connectivity index (χ3n) is 7.14. The summed E-state index contributed by atoms with van der Waals surface area (Å²) < 4.78 is 12.7. The first-order valence-electron chi connectivity index (χ1n) is 10.6. The molecule has 2 N–H and O–H groups in total. The van der Waals surface area contributed by atoms with Crippen molar-refractivity contribution in [3.05, 3.63) is 53.2 Å². The normalized spacial score (nSPS) is 26.7. The number of likely N-dealkylation sites (N-methyl/N-ethyl adjacent to an activating group) is 1. The molecule has 0 spiro atoms. The van der Waals surface area contributed by atoms with Gasteiger partial charge < -0.3 is 29.6 Å². The van der Waals surface area contributed by atoms with Crippen LogP contribution >= 0.6 is 0 Å². The van der Waals surface area contributed by atoms with Crippen LogP contribution < -0.4 is 14.8 Å². The molecule has 6 nitrogen and oxygen atoms in total. The summed E-state index contributed by atoms with van der Waals surface area (Å²) in [6, 6.07) is 10.7. The van der Waals surface area contributed by atoms with Crippen LogP contribution in [-0.2, 0) is 17.7 Å². The molecule has 0 unspecified atom stereocenters. The lowest BCUT2D eigenvalue weighted by atomic mass is 9.70. The fourth-order valence-electron chi connectivity index (χ4n) is 6.04. The predicted octanol–water partition coefficient (Wildman–Crippen LogP) is 3.48. The molecule has 1 aromatic heterocycles. The van der Waals surface area contributed by atoms with Gasteiger partial charge in [-0.25, -0.2) is 0 Å². The van der Waals surface area contributed by atoms with E-state index in [0.717, 1.165) is 43.1 Å². The predicted molar refractivity (Wildman–Crippen MR) is 118 cm³/mol. The molecule has 0 radical (unpaired) electrons. The van der Waals surface area contributed by atoms with Crippen LogP contribution in [0.1, 0.15) is 23.1 Å². The van der Waals surface area contributed by atoms with Gasteiger partial charge in [-0.3, -0.25) is 0 Å². The van der Waals surface area contributed by atoms with Gasteiger partial charge in [0.05, 0.1) is 12.6 Å². The number of aromatic nitrogens is 1. The van der Waals surface area contributed by atoms with Crippen molar-refractivity contribution < 1.29 is 9.47 Å². The van der Waals surface area contributed by atoms with E-state index in [2.05, 4.69) is 77.8 Å². The lowest BCUT2D eigenvalue weighted by Crippen LogP contribution is -2.60. The Morgan fingerprint density at radius 1 is 1.27 bits per heavy atom. The number of anilines is 1. The third kappa shape index (κ3) is 2.05. The van der Waals surface area contributed by atoms with Crippen molar-refractivity contribution in [1.82, 2.24) is 14.8 Å². The fraction of sp³-hybridized carbons (Fsp3) is 0.417. The molecule has 4 heterocycles. The second-order valence-corrected chi connectivity index (χ2v) is 9.25. The van der Waals surface area contributed by atoms with Crippen LogP contribution in [0, 0.1) is 0 Å². The van der Waals surface area contributed by atoms with Gasteiger partial charge in [0.25, 0.3) is 0 Å². The Kier molecular flexibility index (Phi) is 3.58. The molecule has 3 aliphatic heterocycles. The van der Waals surface area contributed by atoms with Crippen molar-refractivity contribution in [2.24, 2.45) is 0 Å². The molecule has 156 valence electrons. The smallest absolute Gasteiger partial charge is 0.166 e. The zero-order chi connectivity index (χ0) is 20.7. The summed E-state index contributed by atoms with van der Waals surface area (Å²) in [5.74, 6) is 1.77. The van der Waals surface area contributed by atoms with Gasteiger partial charge in [-0.05, 0) is 32.8 Å². The number of para-hydroxylation sites is 1. The summed E-state index contributed by atoms with van der Waals surface area (Å²) >= 11 is 0. The number of likely N-dealkylation sites (tertiary alicyclic amines) is 1. The topological polar surface area (TPSA) is 52.8 Å². The molecule has 3 aliphatic rings. The summed E-state index contributed by atoms with van der Waals surface area (Å²) in [7, 11) is 8.15. The van der Waals surface area contributed by atoms with E-state index in [9.17, 15) is 0 Å². The number of methoxy groups -OCH3 is 1. The Balaban J connectivity index is 1.69. The maximum absolute atomic E-state index is 6.97. The Morgan fingerprint density at radius 2 is 2.10 bits per heavy atom. The van der Waals surface area contributed by atoms with Crippen molar-refractivity contribution in [2.75, 3.05) is 46.7 Å². The van der Waals surface area contributed by atoms with Crippen LogP contribution in [0.2, 0.25) is 0 Å². The number of fused-ring (bicyclic) bond motifs is 4. The number of nitrogens with zero attached hydrogens (tertiary/aromatic N) is 2. The molecule has 0 bridgehead atoms. The average Bonchev–Trinajstić information content (AvgIpc) is 3.32. The number of piperidine rings is 1. The largest absolute Gasteiger partial charge is 0.494 e. The van der Waals surface area contributed by atoms with E-state index in [1.165, 1.54) is 27.8 Å². The van der Waals surface area contributed by atoms with Gasteiger partial charge in [0, 0.05) is 60.5 Å². The van der Waals surface area contributed by atoms with Crippen molar-refractivity contribution in [3.63, 3.8) is 0 Å². The monoisotopic (exact) mass is 404 g/mol. The second-order valence-electron chi connectivity index (χ2n) is 9.25. The highest BCUT2D eigenvalue weighted by atomic mass is 16.5. The molecular formula is C24H28N4O2. The zero-order valence-corrected chi connectivity index (χ0v) is 18.0. The highest BCUT2D eigenvalue weighted by molar-refractivity contribution is 5.96. The molecular weight excluding hydrogens is 376 g/mol. The molecule has 2 aromatic carbocycles. The molecule has 1 saturated heterocycles. The molecule has 0 aliphatic carbocycles. The maximum Gasteiger partial charge on any atom is 0.166 e. The third-order valence-corrected chi connectivity index (χ3v) is 7.14. The Hall–Kier alpha value is -2.70. The number of hydrogen-bond acceptors (Lipinski definition) is 5. The first-order valence-corrected chi connectivity index (χ1v) is 10.6. The van der Waals surface area contributed by atoms with Crippen LogP contribution in [-0.4, -0.2) is 56.1 Å². The summed E-state index contributed by atoms with van der Waals surface area (Å²) in [4.78, 5) is 8.12. The van der Waals surface area contributed by atoms with E-state index >= 15 is 0 Å². The second kappa shape index (κ2) is 5.93. The highest BCUT2D eigenvalue weighted by Gasteiger charge is 2.68. The fourth-order valence-corrected chi connectivity index (χ4v) is 6.04. The molecule has 2 atom stereocenters. The van der Waals surface area contributed by atoms with Gasteiger partial charge >= 0.3 is 0 Å². The van der Waals surface area contributed by atoms with Crippen molar-refractivity contribution in [3.8, 4) is 11.5 Å². The lowest BCUT2D eigenvalue weighted by molar-refractivity contribution is -0.0250. The van der Waals surface area contributed by atoms with Crippen molar-refractivity contribution in [1.29, 1.82) is 0 Å². The molecule has 6 heteroatoms. The highest BCUT2D eigenvalue weighted by Crippen LogP contribution is 2.65. The van der Waals surface area contributed by atoms with Crippen LogP contribution in [0.15, 0.2) is 36.5 Å².